The van der Waals surface area contributed by atoms with E-state index in [0.717, 1.165) is 29.7 Å². The molecule has 2 heterocycles. The Labute approximate surface area is 120 Å². The highest BCUT2D eigenvalue weighted by Crippen LogP contribution is 2.29. The van der Waals surface area contributed by atoms with Gasteiger partial charge in [0.2, 0.25) is 0 Å². The minimum atomic E-state index is 0.649. The second kappa shape index (κ2) is 5.52. The smallest absolute Gasteiger partial charge is 0.155 e. The van der Waals surface area contributed by atoms with Gasteiger partial charge in [0.1, 0.15) is 0 Å². The lowest BCUT2D eigenvalue weighted by molar-refractivity contribution is 0.225. The molecule has 2 aromatic rings. The molecule has 20 heavy (non-hydrogen) atoms. The average Bonchev–Trinajstić information content (AvgIpc) is 2.79. The second-order valence-electron chi connectivity index (χ2n) is 6.40. The van der Waals surface area contributed by atoms with E-state index in [4.69, 9.17) is 0 Å². The molecule has 0 amide bonds. The van der Waals surface area contributed by atoms with Gasteiger partial charge in [0.05, 0.1) is 5.69 Å². The lowest BCUT2D eigenvalue weighted by Crippen LogP contribution is -2.35. The first kappa shape index (κ1) is 13.6. The van der Waals surface area contributed by atoms with Crippen LogP contribution in [0.5, 0.6) is 0 Å². The van der Waals surface area contributed by atoms with Crippen molar-refractivity contribution in [3.05, 3.63) is 29.7 Å². The molecule has 1 aliphatic carbocycles. The molecule has 1 fully saturated rings. The van der Waals surface area contributed by atoms with E-state index in [0.29, 0.717) is 6.04 Å². The van der Waals surface area contributed by atoms with Crippen molar-refractivity contribution >= 4 is 5.65 Å². The molecule has 3 atom stereocenters. The van der Waals surface area contributed by atoms with Crippen molar-refractivity contribution in [3.8, 4) is 0 Å². The van der Waals surface area contributed by atoms with E-state index >= 15 is 0 Å². The van der Waals surface area contributed by atoms with Crippen LogP contribution >= 0.6 is 0 Å². The number of hydrogen-bond acceptors (Lipinski definition) is 3. The predicted molar refractivity (Wildman–Crippen MR) is 80.5 cm³/mol. The Hall–Kier alpha value is -1.42. The fraction of sp³-hybridized carbons (Fsp3) is 0.625. The number of nitrogens with zero attached hydrogens (tertiary/aromatic N) is 3. The summed E-state index contributed by atoms with van der Waals surface area (Å²) >= 11 is 0. The van der Waals surface area contributed by atoms with Crippen molar-refractivity contribution < 1.29 is 0 Å². The average molecular weight is 272 g/mol. The standard InChI is InChI=1S/C16H24N4/c1-11-4-5-15(6-12(11)2)17-8-14-9-18-16-7-13(3)19-20(16)10-14/h7,9-12,15,17H,4-6,8H2,1-3H3. The third-order valence-electron chi connectivity index (χ3n) is 4.68. The first-order valence-corrected chi connectivity index (χ1v) is 7.66. The molecular weight excluding hydrogens is 248 g/mol. The van der Waals surface area contributed by atoms with Crippen LogP contribution < -0.4 is 5.32 Å². The first-order chi connectivity index (χ1) is 9.61. The maximum absolute atomic E-state index is 4.45. The first-order valence-electron chi connectivity index (χ1n) is 7.66. The molecule has 108 valence electrons. The Morgan fingerprint density at radius 1 is 1.30 bits per heavy atom. The molecule has 1 N–H and O–H groups in total. The highest BCUT2D eigenvalue weighted by atomic mass is 15.2. The number of aromatic nitrogens is 3. The van der Waals surface area contributed by atoms with Gasteiger partial charge in [0.15, 0.2) is 5.65 Å². The predicted octanol–water partition coefficient (Wildman–Crippen LogP) is 2.95. The topological polar surface area (TPSA) is 42.2 Å². The van der Waals surface area contributed by atoms with Crippen LogP contribution in [-0.4, -0.2) is 20.6 Å². The molecule has 0 aromatic carbocycles. The molecule has 1 saturated carbocycles. The van der Waals surface area contributed by atoms with Gasteiger partial charge in [-0.05, 0) is 38.0 Å². The Morgan fingerprint density at radius 3 is 2.95 bits per heavy atom. The van der Waals surface area contributed by atoms with Crippen molar-refractivity contribution in [3.63, 3.8) is 0 Å². The summed E-state index contributed by atoms with van der Waals surface area (Å²) in [5.41, 5.74) is 3.14. The summed E-state index contributed by atoms with van der Waals surface area (Å²) in [6.45, 7) is 7.63. The van der Waals surface area contributed by atoms with Gasteiger partial charge in [-0.25, -0.2) is 9.50 Å². The third kappa shape index (κ3) is 2.85. The highest BCUT2D eigenvalue weighted by Gasteiger charge is 2.23. The fourth-order valence-electron chi connectivity index (χ4n) is 3.12. The molecule has 0 aliphatic heterocycles. The summed E-state index contributed by atoms with van der Waals surface area (Å²) in [5.74, 6) is 1.70. The summed E-state index contributed by atoms with van der Waals surface area (Å²) in [5, 5.41) is 8.10. The van der Waals surface area contributed by atoms with Gasteiger partial charge < -0.3 is 5.32 Å². The van der Waals surface area contributed by atoms with Gasteiger partial charge in [0, 0.05) is 36.6 Å². The molecule has 4 heteroatoms. The van der Waals surface area contributed by atoms with Crippen LogP contribution in [0.1, 0.15) is 44.4 Å². The van der Waals surface area contributed by atoms with E-state index in [1.54, 1.807) is 0 Å². The van der Waals surface area contributed by atoms with Crippen LogP contribution in [0, 0.1) is 18.8 Å². The molecule has 3 unspecified atom stereocenters. The van der Waals surface area contributed by atoms with E-state index in [9.17, 15) is 0 Å². The van der Waals surface area contributed by atoms with Crippen molar-refractivity contribution in [1.29, 1.82) is 0 Å². The molecule has 0 saturated heterocycles. The van der Waals surface area contributed by atoms with E-state index in [1.165, 1.54) is 24.8 Å². The van der Waals surface area contributed by atoms with Gasteiger partial charge in [-0.1, -0.05) is 13.8 Å². The zero-order valence-electron chi connectivity index (χ0n) is 12.6. The molecule has 1 aliphatic rings. The Bertz CT molecular complexity index is 589. The largest absolute Gasteiger partial charge is 0.310 e. The van der Waals surface area contributed by atoms with E-state index in [-0.39, 0.29) is 0 Å². The molecule has 4 nitrogen and oxygen atoms in total. The summed E-state index contributed by atoms with van der Waals surface area (Å²) < 4.78 is 1.87. The van der Waals surface area contributed by atoms with Crippen LogP contribution in [-0.2, 0) is 6.54 Å². The Balaban J connectivity index is 1.62. The molecule has 0 bridgehead atoms. The van der Waals surface area contributed by atoms with E-state index in [2.05, 4.69) is 35.4 Å². The van der Waals surface area contributed by atoms with Crippen LogP contribution in [0.15, 0.2) is 18.5 Å². The van der Waals surface area contributed by atoms with Gasteiger partial charge in [-0.2, -0.15) is 5.10 Å². The summed E-state index contributed by atoms with van der Waals surface area (Å²) in [4.78, 5) is 4.45. The SMILES string of the molecule is Cc1cc2ncc(CNC3CCC(C)C(C)C3)cn2n1. The highest BCUT2D eigenvalue weighted by molar-refractivity contribution is 5.38. The van der Waals surface area contributed by atoms with E-state index < -0.39 is 0 Å². The number of fused-ring (bicyclic) bond motifs is 1. The minimum absolute atomic E-state index is 0.649. The Kier molecular flexibility index (Phi) is 3.74. The minimum Gasteiger partial charge on any atom is -0.310 e. The second-order valence-corrected chi connectivity index (χ2v) is 6.40. The number of aryl methyl sites for hydroxylation is 1. The zero-order valence-corrected chi connectivity index (χ0v) is 12.6. The fourth-order valence-corrected chi connectivity index (χ4v) is 3.12. The molecule has 0 radical (unpaired) electrons. The van der Waals surface area contributed by atoms with E-state index in [1.807, 2.05) is 23.7 Å². The van der Waals surface area contributed by atoms with Gasteiger partial charge in [0.25, 0.3) is 0 Å². The monoisotopic (exact) mass is 272 g/mol. The normalized spacial score (nSPS) is 27.1. The third-order valence-corrected chi connectivity index (χ3v) is 4.68. The van der Waals surface area contributed by atoms with Crippen molar-refractivity contribution in [2.24, 2.45) is 11.8 Å². The number of hydrogen-bond donors (Lipinski definition) is 1. The van der Waals surface area contributed by atoms with Crippen molar-refractivity contribution in [2.75, 3.05) is 0 Å². The summed E-state index contributed by atoms with van der Waals surface area (Å²) in [7, 11) is 0. The number of nitrogens with one attached hydrogen (secondary N) is 1. The van der Waals surface area contributed by atoms with Gasteiger partial charge in [-0.15, -0.1) is 0 Å². The van der Waals surface area contributed by atoms with Crippen molar-refractivity contribution in [1.82, 2.24) is 19.9 Å². The van der Waals surface area contributed by atoms with Gasteiger partial charge >= 0.3 is 0 Å². The molecule has 2 aromatic heterocycles. The summed E-state index contributed by atoms with van der Waals surface area (Å²) in [6, 6.07) is 2.65. The van der Waals surface area contributed by atoms with Crippen LogP contribution in [0.4, 0.5) is 0 Å². The zero-order chi connectivity index (χ0) is 14.1. The van der Waals surface area contributed by atoms with Crippen molar-refractivity contribution in [2.45, 2.75) is 52.6 Å². The molecule has 3 rings (SSSR count). The quantitative estimate of drug-likeness (QED) is 0.934. The van der Waals surface area contributed by atoms with Gasteiger partial charge in [-0.3, -0.25) is 0 Å². The molecular formula is C16H24N4. The maximum Gasteiger partial charge on any atom is 0.155 e. The van der Waals surface area contributed by atoms with Crippen LogP contribution in [0.25, 0.3) is 5.65 Å². The lowest BCUT2D eigenvalue weighted by atomic mass is 9.79. The maximum atomic E-state index is 4.45. The lowest BCUT2D eigenvalue weighted by Gasteiger charge is -2.32. The number of rotatable bonds is 3. The van der Waals surface area contributed by atoms with Crippen LogP contribution in [0.2, 0.25) is 0 Å². The summed E-state index contributed by atoms with van der Waals surface area (Å²) in [6.07, 6.45) is 7.96. The molecule has 0 spiro atoms. The Morgan fingerprint density at radius 2 is 2.15 bits per heavy atom. The van der Waals surface area contributed by atoms with Crippen LogP contribution in [0.3, 0.4) is 0 Å².